The normalized spacial score (nSPS) is 14.1. The first kappa shape index (κ1) is 61.4. The van der Waals surface area contributed by atoms with E-state index in [2.05, 4.69) is 26.2 Å². The van der Waals surface area contributed by atoms with Crippen LogP contribution in [0.5, 0.6) is 0 Å². The molecule has 1 unspecified atom stereocenters. The third-order valence-corrected chi connectivity index (χ3v) is 10.9. The molecule has 2 amide bonds. The van der Waals surface area contributed by atoms with Crippen molar-refractivity contribution >= 4 is 41.3 Å². The average molecular weight is 929 g/mol. The molecular formula is C50H88N8O8. The fraction of sp³-hybridized carbons (Fsp3) is 0.640. The van der Waals surface area contributed by atoms with Crippen LogP contribution in [0.3, 0.4) is 0 Å². The molecule has 0 saturated carbocycles. The number of nitrogens with one attached hydrogen (secondary N) is 4. The van der Waals surface area contributed by atoms with E-state index in [4.69, 9.17) is 25.8 Å². The van der Waals surface area contributed by atoms with Crippen molar-refractivity contribution in [2.24, 2.45) is 22.4 Å². The van der Waals surface area contributed by atoms with Crippen LogP contribution in [-0.2, 0) is 44.7 Å². The van der Waals surface area contributed by atoms with Crippen molar-refractivity contribution in [2.45, 2.75) is 139 Å². The van der Waals surface area contributed by atoms with E-state index >= 15 is 0 Å². The number of unbranched alkanes of at least 4 members (excludes halogenated alkanes) is 1. The molecule has 3 rings (SSSR count). The Labute approximate surface area is 397 Å². The smallest absolute Gasteiger partial charge is 0.324 e. The molecule has 0 radical (unpaired) electrons. The molecule has 0 fully saturated rings. The minimum atomic E-state index is -0.949. The molecule has 1 aliphatic heterocycles. The Kier molecular flexibility index (Phi) is 28.5. The second-order valence-electron chi connectivity index (χ2n) is 18.0. The van der Waals surface area contributed by atoms with Gasteiger partial charge >= 0.3 is 5.97 Å². The van der Waals surface area contributed by atoms with Crippen molar-refractivity contribution in [1.82, 2.24) is 26.5 Å². The number of nitrogens with zero attached hydrogens (tertiary/aromatic N) is 2. The molecule has 0 bridgehead atoms. The van der Waals surface area contributed by atoms with E-state index in [0.717, 1.165) is 36.9 Å². The van der Waals surface area contributed by atoms with Crippen molar-refractivity contribution in [3.8, 4) is 0 Å². The van der Waals surface area contributed by atoms with Gasteiger partial charge in [-0.05, 0) is 92.1 Å². The van der Waals surface area contributed by atoms with Crippen LogP contribution < -0.4 is 38.0 Å². The summed E-state index contributed by atoms with van der Waals surface area (Å²) in [6, 6.07) is 14.8. The highest BCUT2D eigenvalue weighted by Crippen LogP contribution is 2.41. The first-order valence-corrected chi connectivity index (χ1v) is 23.3. The van der Waals surface area contributed by atoms with Crippen LogP contribution in [0.25, 0.3) is 11.4 Å². The molecule has 16 nitrogen and oxygen atoms in total. The lowest BCUT2D eigenvalue weighted by molar-refractivity contribution is -0.143. The number of esters is 1. The second kappa shape index (κ2) is 30.7. The van der Waals surface area contributed by atoms with E-state index in [1.807, 2.05) is 139 Å². The van der Waals surface area contributed by atoms with Gasteiger partial charge in [0, 0.05) is 35.6 Å². The van der Waals surface area contributed by atoms with Gasteiger partial charge in [0.1, 0.15) is 12.6 Å². The Morgan fingerprint density at radius 1 is 0.848 bits per heavy atom. The summed E-state index contributed by atoms with van der Waals surface area (Å²) < 4.78 is 21.1. The van der Waals surface area contributed by atoms with E-state index in [9.17, 15) is 19.2 Å². The quantitative estimate of drug-likeness (QED) is 0.0217. The molecule has 66 heavy (non-hydrogen) atoms. The third kappa shape index (κ3) is 20.1. The zero-order chi connectivity index (χ0) is 50.7. The SMILES string of the molecule is CC.CC.CNCCCCC(NNC)C(=O)OC.COC(C)(C)CCOC(C)(C)CNC(=O)C(C)(C)CC(C)(C)C(=O)N1Cc2ccccc2/C(N)=C(/N(N)CCOC=O)c2ccccc21. The van der Waals surface area contributed by atoms with Gasteiger partial charge in [-0.25, -0.2) is 11.3 Å². The molecular weight excluding hydrogens is 841 g/mol. The summed E-state index contributed by atoms with van der Waals surface area (Å²) in [6.45, 7) is 26.0. The fourth-order valence-corrected chi connectivity index (χ4v) is 7.26. The maximum Gasteiger partial charge on any atom is 0.324 e. The van der Waals surface area contributed by atoms with Gasteiger partial charge in [0.15, 0.2) is 0 Å². The molecule has 0 aliphatic carbocycles. The highest BCUT2D eigenvalue weighted by molar-refractivity contribution is 6.03. The summed E-state index contributed by atoms with van der Waals surface area (Å²) in [5, 5.41) is 7.58. The maximum atomic E-state index is 14.7. The van der Waals surface area contributed by atoms with Crippen molar-refractivity contribution < 1.29 is 38.1 Å². The molecule has 0 spiro atoms. The lowest BCUT2D eigenvalue weighted by Crippen LogP contribution is -2.49. The first-order chi connectivity index (χ1) is 31.1. The van der Waals surface area contributed by atoms with E-state index in [-0.39, 0.29) is 55.5 Å². The summed E-state index contributed by atoms with van der Waals surface area (Å²) in [5.41, 5.74) is 13.6. The van der Waals surface area contributed by atoms with Gasteiger partial charge in [-0.2, -0.15) is 0 Å². The van der Waals surface area contributed by atoms with Crippen molar-refractivity contribution in [3.05, 3.63) is 65.2 Å². The van der Waals surface area contributed by atoms with E-state index in [1.54, 1.807) is 19.1 Å². The van der Waals surface area contributed by atoms with Crippen molar-refractivity contribution in [3.63, 3.8) is 0 Å². The minimum absolute atomic E-state index is 0.0583. The summed E-state index contributed by atoms with van der Waals surface area (Å²) in [6.07, 6.45) is 3.85. The van der Waals surface area contributed by atoms with E-state index in [0.29, 0.717) is 48.7 Å². The third-order valence-electron chi connectivity index (χ3n) is 10.9. The number of para-hydroxylation sites is 1. The Bertz CT molecular complexity index is 1780. The number of hydrazine groups is 2. The number of nitrogens with two attached hydrogens (primary N) is 2. The molecule has 8 N–H and O–H groups in total. The molecule has 0 aromatic heterocycles. The van der Waals surface area contributed by atoms with Gasteiger partial charge in [0.05, 0.1) is 55.1 Å². The Morgan fingerprint density at radius 3 is 2.03 bits per heavy atom. The number of hydrogen-bond donors (Lipinski definition) is 6. The van der Waals surface area contributed by atoms with Crippen LogP contribution in [0.2, 0.25) is 0 Å². The van der Waals surface area contributed by atoms with Gasteiger partial charge < -0.3 is 45.2 Å². The lowest BCUT2D eigenvalue weighted by Gasteiger charge is -2.39. The molecule has 16 heteroatoms. The van der Waals surface area contributed by atoms with Gasteiger partial charge in [-0.15, -0.1) is 0 Å². The second-order valence-corrected chi connectivity index (χ2v) is 18.0. The zero-order valence-electron chi connectivity index (χ0n) is 43.4. The number of carbonyl (C=O) groups is 4. The largest absolute Gasteiger partial charge is 0.468 e. The maximum absolute atomic E-state index is 14.7. The van der Waals surface area contributed by atoms with Gasteiger partial charge in [0.25, 0.3) is 6.47 Å². The molecule has 2 aromatic carbocycles. The van der Waals surface area contributed by atoms with Crippen LogP contribution in [-0.4, -0.2) is 108 Å². The standard InChI is InChI=1S/C37H55N5O6.C9H21N3O2.2C2H6/c1-34(2,32(44)40-24-37(7,8)48-20-18-36(5,6)46-9)23-35(3,4)33(45)41-22-26-14-10-11-15-27(26)30(38)31(42(39)19-21-47-25-43)28-16-12-13-17-29(28)41;1-10-7-5-4-6-8(12-11-2)9(13)14-3;2*1-2/h10-17,25H,18-24,38-39H2,1-9H3,(H,40,44);8,10-12H,4-7H2,1-3H3;2*1-2H3/b31-30-;;;. The molecule has 2 aromatic rings. The molecule has 1 atom stereocenters. The zero-order valence-corrected chi connectivity index (χ0v) is 43.4. The minimum Gasteiger partial charge on any atom is -0.468 e. The monoisotopic (exact) mass is 929 g/mol. The number of hydrogen-bond acceptors (Lipinski definition) is 14. The summed E-state index contributed by atoms with van der Waals surface area (Å²) >= 11 is 0. The van der Waals surface area contributed by atoms with E-state index < -0.39 is 16.4 Å². The number of ether oxygens (including phenoxy) is 4. The number of anilines is 1. The highest BCUT2D eigenvalue weighted by atomic mass is 16.5. The fourth-order valence-electron chi connectivity index (χ4n) is 7.26. The number of benzene rings is 2. The van der Waals surface area contributed by atoms with Gasteiger partial charge in [0.2, 0.25) is 11.8 Å². The molecule has 376 valence electrons. The van der Waals surface area contributed by atoms with Crippen LogP contribution in [0.1, 0.15) is 132 Å². The van der Waals surface area contributed by atoms with Crippen molar-refractivity contribution in [2.75, 3.05) is 66.1 Å². The average Bonchev–Trinajstić information content (AvgIpc) is 3.29. The molecule has 0 saturated heterocycles. The summed E-state index contributed by atoms with van der Waals surface area (Å²) in [4.78, 5) is 52.1. The van der Waals surface area contributed by atoms with E-state index in [1.165, 1.54) is 12.1 Å². The lowest BCUT2D eigenvalue weighted by atomic mass is 9.73. The van der Waals surface area contributed by atoms with Crippen LogP contribution >= 0.6 is 0 Å². The number of methoxy groups -OCH3 is 2. The van der Waals surface area contributed by atoms with Crippen LogP contribution in [0.4, 0.5) is 5.69 Å². The van der Waals surface area contributed by atoms with Crippen LogP contribution in [0.15, 0.2) is 48.5 Å². The predicted octanol–water partition coefficient (Wildman–Crippen LogP) is 6.53. The topological polar surface area (TPSA) is 212 Å². The van der Waals surface area contributed by atoms with Gasteiger partial charge in [-0.3, -0.25) is 24.6 Å². The predicted molar refractivity (Wildman–Crippen MR) is 267 cm³/mol. The van der Waals surface area contributed by atoms with Crippen LogP contribution in [0, 0.1) is 10.8 Å². The highest BCUT2D eigenvalue weighted by Gasteiger charge is 2.42. The number of carbonyl (C=O) groups excluding carboxylic acids is 4. The first-order valence-electron chi connectivity index (χ1n) is 23.3. The summed E-state index contributed by atoms with van der Waals surface area (Å²) in [5.74, 6) is 6.01. The van der Waals surface area contributed by atoms with Gasteiger partial charge in [-0.1, -0.05) is 97.9 Å². The summed E-state index contributed by atoms with van der Waals surface area (Å²) in [7, 11) is 6.74. The Morgan fingerprint density at radius 2 is 1.45 bits per heavy atom. The molecule has 1 aliphatic rings. The Hall–Kier alpha value is -4.58. The molecule has 1 heterocycles. The van der Waals surface area contributed by atoms with Crippen molar-refractivity contribution in [1.29, 1.82) is 0 Å². The Balaban J connectivity index is 0.00000199. The number of fused-ring (bicyclic) bond motifs is 2. The number of amides is 2. The number of rotatable bonds is 24.